The predicted octanol–water partition coefficient (Wildman–Crippen LogP) is 3.17. The van der Waals surface area contributed by atoms with E-state index in [1.165, 1.54) is 12.1 Å². The van der Waals surface area contributed by atoms with Gasteiger partial charge in [-0.25, -0.2) is 4.39 Å². The maximum Gasteiger partial charge on any atom is 0.227 e. The van der Waals surface area contributed by atoms with Crippen LogP contribution >= 0.6 is 0 Å². The minimum Gasteiger partial charge on any atom is -0.399 e. The summed E-state index contributed by atoms with van der Waals surface area (Å²) in [6.07, 6.45) is 0.299. The van der Waals surface area contributed by atoms with Gasteiger partial charge in [-0.3, -0.25) is 4.79 Å². The largest absolute Gasteiger partial charge is 0.399 e. The maximum atomic E-state index is 12.9. The smallest absolute Gasteiger partial charge is 0.227 e. The summed E-state index contributed by atoms with van der Waals surface area (Å²) in [5.41, 5.74) is 8.15. The number of nitrogens with two attached hydrogens (primary N) is 1. The molecule has 0 aliphatic rings. The lowest BCUT2D eigenvalue weighted by molar-refractivity contribution is -0.131. The third kappa shape index (κ3) is 3.81. The quantitative estimate of drug-likeness (QED) is 0.877. The van der Waals surface area contributed by atoms with E-state index < -0.39 is 0 Å². The number of carbonyl (C=O) groups excluding carboxylic acids is 1. The van der Waals surface area contributed by atoms with Gasteiger partial charge in [0.25, 0.3) is 0 Å². The van der Waals surface area contributed by atoms with Crippen LogP contribution in [0.1, 0.15) is 24.1 Å². The van der Waals surface area contributed by atoms with E-state index in [0.29, 0.717) is 12.1 Å². The number of carbonyl (C=O) groups is 1. The van der Waals surface area contributed by atoms with Gasteiger partial charge in [0.1, 0.15) is 5.82 Å². The first-order valence-electron chi connectivity index (χ1n) is 6.83. The number of rotatable bonds is 4. The number of halogens is 1. The summed E-state index contributed by atoms with van der Waals surface area (Å²) in [7, 11) is 1.75. The summed E-state index contributed by atoms with van der Waals surface area (Å²) in [5.74, 6) is -0.280. The van der Waals surface area contributed by atoms with Crippen LogP contribution in [0.25, 0.3) is 0 Å². The zero-order chi connectivity index (χ0) is 15.4. The van der Waals surface area contributed by atoms with Crippen LogP contribution in [0.15, 0.2) is 48.5 Å². The molecule has 0 saturated heterocycles. The van der Waals surface area contributed by atoms with Gasteiger partial charge in [0.2, 0.25) is 5.91 Å². The molecule has 0 heterocycles. The number of nitrogens with zero attached hydrogens (tertiary/aromatic N) is 1. The Labute approximate surface area is 124 Å². The molecule has 2 N–H and O–H groups in total. The molecule has 0 radical (unpaired) electrons. The molecule has 0 aliphatic carbocycles. The molecule has 1 atom stereocenters. The van der Waals surface area contributed by atoms with Gasteiger partial charge in [-0.1, -0.05) is 24.3 Å². The fourth-order valence-electron chi connectivity index (χ4n) is 2.18. The van der Waals surface area contributed by atoms with Gasteiger partial charge in [0.05, 0.1) is 12.5 Å². The van der Waals surface area contributed by atoms with Gasteiger partial charge in [0.15, 0.2) is 0 Å². The molecule has 2 aromatic rings. The second-order valence-corrected chi connectivity index (χ2v) is 5.15. The summed E-state index contributed by atoms with van der Waals surface area (Å²) in [4.78, 5) is 14.0. The zero-order valence-corrected chi connectivity index (χ0v) is 12.2. The molecule has 0 spiro atoms. The topological polar surface area (TPSA) is 46.3 Å². The molecule has 3 nitrogen and oxygen atoms in total. The first kappa shape index (κ1) is 15.0. The first-order valence-corrected chi connectivity index (χ1v) is 6.83. The Morgan fingerprint density at radius 3 is 2.52 bits per heavy atom. The van der Waals surface area contributed by atoms with Crippen molar-refractivity contribution in [1.29, 1.82) is 0 Å². The van der Waals surface area contributed by atoms with Gasteiger partial charge in [-0.05, 0) is 42.3 Å². The number of likely N-dealkylation sites (N-methyl/N-ethyl adjacent to an activating group) is 1. The summed E-state index contributed by atoms with van der Waals surface area (Å²) in [5, 5.41) is 0. The van der Waals surface area contributed by atoms with Crippen molar-refractivity contribution < 1.29 is 9.18 Å². The highest BCUT2D eigenvalue weighted by Gasteiger charge is 2.17. The van der Waals surface area contributed by atoms with Crippen molar-refractivity contribution >= 4 is 11.6 Å². The summed E-state index contributed by atoms with van der Waals surface area (Å²) >= 11 is 0. The van der Waals surface area contributed by atoms with Gasteiger partial charge < -0.3 is 10.6 Å². The lowest BCUT2D eigenvalue weighted by atomic mass is 10.1. The molecule has 0 aromatic heterocycles. The average molecular weight is 286 g/mol. The third-order valence-electron chi connectivity index (χ3n) is 3.63. The van der Waals surface area contributed by atoms with E-state index in [9.17, 15) is 9.18 Å². The number of hydrogen-bond acceptors (Lipinski definition) is 2. The van der Waals surface area contributed by atoms with Crippen molar-refractivity contribution in [2.75, 3.05) is 12.8 Å². The highest BCUT2D eigenvalue weighted by atomic mass is 19.1. The Bertz CT molecular complexity index is 625. The SMILES string of the molecule is CC(c1ccc(F)cc1)N(C)C(=O)Cc1cccc(N)c1. The van der Waals surface area contributed by atoms with Crippen LogP contribution in [-0.2, 0) is 11.2 Å². The fraction of sp³-hybridized carbons (Fsp3) is 0.235. The number of amides is 1. The normalized spacial score (nSPS) is 12.0. The van der Waals surface area contributed by atoms with E-state index in [2.05, 4.69) is 0 Å². The number of hydrogen-bond donors (Lipinski definition) is 1. The average Bonchev–Trinajstić information content (AvgIpc) is 2.46. The van der Waals surface area contributed by atoms with E-state index >= 15 is 0 Å². The molecule has 2 rings (SSSR count). The fourth-order valence-corrected chi connectivity index (χ4v) is 2.18. The lowest BCUT2D eigenvalue weighted by Crippen LogP contribution is -2.31. The molecule has 110 valence electrons. The maximum absolute atomic E-state index is 12.9. The summed E-state index contributed by atoms with van der Waals surface area (Å²) in [6.45, 7) is 1.92. The third-order valence-corrected chi connectivity index (χ3v) is 3.63. The molecule has 0 fully saturated rings. The molecular formula is C17H19FN2O. The van der Waals surface area contributed by atoms with E-state index in [4.69, 9.17) is 5.73 Å². The second-order valence-electron chi connectivity index (χ2n) is 5.15. The van der Waals surface area contributed by atoms with Crippen LogP contribution in [0.4, 0.5) is 10.1 Å². The van der Waals surface area contributed by atoms with E-state index in [1.54, 1.807) is 36.2 Å². The minimum atomic E-state index is -0.278. The molecule has 2 aromatic carbocycles. The van der Waals surface area contributed by atoms with E-state index in [1.807, 2.05) is 19.1 Å². The Morgan fingerprint density at radius 2 is 1.90 bits per heavy atom. The molecule has 0 saturated carbocycles. The standard InChI is InChI=1S/C17H19FN2O/c1-12(14-6-8-15(18)9-7-14)20(2)17(21)11-13-4-3-5-16(19)10-13/h3-10,12H,11,19H2,1-2H3. The molecule has 4 heteroatoms. The molecular weight excluding hydrogens is 267 g/mol. The Morgan fingerprint density at radius 1 is 1.24 bits per heavy atom. The van der Waals surface area contributed by atoms with Crippen LogP contribution in [0.5, 0.6) is 0 Å². The summed E-state index contributed by atoms with van der Waals surface area (Å²) < 4.78 is 12.9. The van der Waals surface area contributed by atoms with E-state index in [0.717, 1.165) is 11.1 Å². The van der Waals surface area contributed by atoms with Crippen molar-refractivity contribution in [2.45, 2.75) is 19.4 Å². The zero-order valence-electron chi connectivity index (χ0n) is 12.2. The number of nitrogen functional groups attached to an aromatic ring is 1. The van der Waals surface area contributed by atoms with Gasteiger partial charge in [-0.2, -0.15) is 0 Å². The van der Waals surface area contributed by atoms with Crippen LogP contribution < -0.4 is 5.73 Å². The predicted molar refractivity (Wildman–Crippen MR) is 82.1 cm³/mol. The highest BCUT2D eigenvalue weighted by molar-refractivity contribution is 5.79. The van der Waals surface area contributed by atoms with Crippen molar-refractivity contribution in [1.82, 2.24) is 4.90 Å². The number of anilines is 1. The Balaban J connectivity index is 2.06. The molecule has 1 amide bonds. The van der Waals surface area contributed by atoms with Crippen molar-refractivity contribution in [2.24, 2.45) is 0 Å². The number of benzene rings is 2. The van der Waals surface area contributed by atoms with Crippen LogP contribution in [0.3, 0.4) is 0 Å². The summed E-state index contributed by atoms with van der Waals surface area (Å²) in [6, 6.07) is 13.4. The molecule has 0 bridgehead atoms. The molecule has 0 aliphatic heterocycles. The lowest BCUT2D eigenvalue weighted by Gasteiger charge is -2.25. The van der Waals surface area contributed by atoms with E-state index in [-0.39, 0.29) is 17.8 Å². The highest BCUT2D eigenvalue weighted by Crippen LogP contribution is 2.20. The first-order chi connectivity index (χ1) is 9.97. The monoisotopic (exact) mass is 286 g/mol. The Hall–Kier alpha value is -2.36. The van der Waals surface area contributed by atoms with Crippen molar-refractivity contribution in [3.63, 3.8) is 0 Å². The minimum absolute atomic E-state index is 0.00238. The van der Waals surface area contributed by atoms with Crippen LogP contribution in [0.2, 0.25) is 0 Å². The van der Waals surface area contributed by atoms with Gasteiger partial charge in [-0.15, -0.1) is 0 Å². The van der Waals surface area contributed by atoms with Crippen molar-refractivity contribution in [3.8, 4) is 0 Å². The van der Waals surface area contributed by atoms with Gasteiger partial charge >= 0.3 is 0 Å². The van der Waals surface area contributed by atoms with Crippen molar-refractivity contribution in [3.05, 3.63) is 65.5 Å². The van der Waals surface area contributed by atoms with Crippen LogP contribution in [-0.4, -0.2) is 17.9 Å². The molecule has 21 heavy (non-hydrogen) atoms. The van der Waals surface area contributed by atoms with Gasteiger partial charge in [0, 0.05) is 12.7 Å². The second kappa shape index (κ2) is 6.39. The van der Waals surface area contributed by atoms with Crippen LogP contribution in [0, 0.1) is 5.82 Å². The Kier molecular flexibility index (Phi) is 4.58. The molecule has 1 unspecified atom stereocenters.